The Balaban J connectivity index is 2.34. The predicted octanol–water partition coefficient (Wildman–Crippen LogP) is 4.03. The molecule has 0 fully saturated rings. The fourth-order valence-corrected chi connectivity index (χ4v) is 4.58. The van der Waals surface area contributed by atoms with Crippen molar-refractivity contribution in [3.8, 4) is 0 Å². The maximum atomic E-state index is 13.0. The first-order chi connectivity index (χ1) is 13.0. The van der Waals surface area contributed by atoms with Crippen molar-refractivity contribution < 1.29 is 13.2 Å². The number of amides is 1. The molecular formula is C22H30N2O3S. The zero-order valence-electron chi connectivity index (χ0n) is 17.5. The van der Waals surface area contributed by atoms with Gasteiger partial charge in [0.05, 0.1) is 18.0 Å². The third-order valence-electron chi connectivity index (χ3n) is 4.73. The van der Waals surface area contributed by atoms with Crippen molar-refractivity contribution in [3.63, 3.8) is 0 Å². The molecule has 2 atom stereocenters. The topological polar surface area (TPSA) is 66.5 Å². The van der Waals surface area contributed by atoms with Gasteiger partial charge in [0.15, 0.2) is 0 Å². The average molecular weight is 403 g/mol. The summed E-state index contributed by atoms with van der Waals surface area (Å²) < 4.78 is 26.4. The Morgan fingerprint density at radius 1 is 1.00 bits per heavy atom. The van der Waals surface area contributed by atoms with Crippen LogP contribution in [0.15, 0.2) is 42.5 Å². The summed E-state index contributed by atoms with van der Waals surface area (Å²) in [6, 6.07) is 12.5. The maximum absolute atomic E-state index is 13.0. The molecule has 0 aliphatic carbocycles. The van der Waals surface area contributed by atoms with Crippen molar-refractivity contribution in [2.24, 2.45) is 0 Å². The van der Waals surface area contributed by atoms with Gasteiger partial charge in [-0.3, -0.25) is 9.10 Å². The van der Waals surface area contributed by atoms with Crippen LogP contribution in [0.3, 0.4) is 0 Å². The first-order valence-corrected chi connectivity index (χ1v) is 11.3. The number of aryl methyl sites for hydroxylation is 3. The zero-order valence-corrected chi connectivity index (χ0v) is 18.3. The Kier molecular flexibility index (Phi) is 6.88. The number of carbonyl (C=O) groups is 1. The van der Waals surface area contributed by atoms with E-state index in [1.165, 1.54) is 4.31 Å². The number of nitrogens with one attached hydrogen (secondary N) is 1. The van der Waals surface area contributed by atoms with E-state index in [0.29, 0.717) is 12.1 Å². The van der Waals surface area contributed by atoms with Crippen molar-refractivity contribution in [1.29, 1.82) is 0 Å². The summed E-state index contributed by atoms with van der Waals surface area (Å²) >= 11 is 0. The second-order valence-corrected chi connectivity index (χ2v) is 9.33. The lowest BCUT2D eigenvalue weighted by molar-refractivity contribution is -0.122. The summed E-state index contributed by atoms with van der Waals surface area (Å²) in [6.07, 6.45) is 1.51. The van der Waals surface area contributed by atoms with E-state index in [0.717, 1.165) is 28.5 Å². The minimum atomic E-state index is -3.64. The molecule has 0 aliphatic heterocycles. The van der Waals surface area contributed by atoms with E-state index in [2.05, 4.69) is 5.32 Å². The molecule has 2 unspecified atom stereocenters. The SMILES string of the molecule is CCC(C(=O)NC(C)c1ccc(C)cc1)N(c1cc(C)cc(C)c1)S(C)(=O)=O. The molecule has 1 amide bonds. The van der Waals surface area contributed by atoms with E-state index in [1.54, 1.807) is 12.1 Å². The molecule has 1 N–H and O–H groups in total. The van der Waals surface area contributed by atoms with E-state index in [4.69, 9.17) is 0 Å². The van der Waals surface area contributed by atoms with Gasteiger partial charge in [-0.05, 0) is 62.9 Å². The lowest BCUT2D eigenvalue weighted by Crippen LogP contribution is -2.49. The summed E-state index contributed by atoms with van der Waals surface area (Å²) in [4.78, 5) is 13.0. The summed E-state index contributed by atoms with van der Waals surface area (Å²) in [5.41, 5.74) is 4.54. The molecule has 2 aromatic carbocycles. The minimum absolute atomic E-state index is 0.220. The van der Waals surface area contributed by atoms with Crippen molar-refractivity contribution >= 4 is 21.6 Å². The molecule has 5 nitrogen and oxygen atoms in total. The molecule has 152 valence electrons. The Morgan fingerprint density at radius 3 is 2.00 bits per heavy atom. The highest BCUT2D eigenvalue weighted by Crippen LogP contribution is 2.25. The highest BCUT2D eigenvalue weighted by Gasteiger charge is 2.32. The lowest BCUT2D eigenvalue weighted by atomic mass is 10.1. The fourth-order valence-electron chi connectivity index (χ4n) is 3.39. The number of hydrogen-bond acceptors (Lipinski definition) is 3. The summed E-state index contributed by atoms with van der Waals surface area (Å²) in [6.45, 7) is 9.56. The smallest absolute Gasteiger partial charge is 0.244 e. The highest BCUT2D eigenvalue weighted by molar-refractivity contribution is 7.92. The van der Waals surface area contributed by atoms with Gasteiger partial charge in [-0.1, -0.05) is 42.8 Å². The molecule has 0 radical (unpaired) electrons. The van der Waals surface area contributed by atoms with Crippen molar-refractivity contribution in [2.45, 2.75) is 53.1 Å². The van der Waals surface area contributed by atoms with Crippen molar-refractivity contribution in [1.82, 2.24) is 5.32 Å². The number of nitrogens with zero attached hydrogens (tertiary/aromatic N) is 1. The molecule has 0 saturated heterocycles. The van der Waals surface area contributed by atoms with Crippen LogP contribution in [0, 0.1) is 20.8 Å². The molecule has 0 spiro atoms. The van der Waals surface area contributed by atoms with E-state index in [1.807, 2.05) is 65.0 Å². The molecule has 0 saturated carbocycles. The largest absolute Gasteiger partial charge is 0.348 e. The van der Waals surface area contributed by atoms with Crippen LogP contribution in [0.5, 0.6) is 0 Å². The number of rotatable bonds is 7. The first kappa shape index (κ1) is 22.0. The van der Waals surface area contributed by atoms with Gasteiger partial charge in [-0.2, -0.15) is 0 Å². The monoisotopic (exact) mass is 402 g/mol. The van der Waals surface area contributed by atoms with Crippen LogP contribution >= 0.6 is 0 Å². The van der Waals surface area contributed by atoms with Crippen LogP contribution in [0.25, 0.3) is 0 Å². The number of benzene rings is 2. The molecule has 0 bridgehead atoms. The average Bonchev–Trinajstić information content (AvgIpc) is 2.57. The summed E-state index contributed by atoms with van der Waals surface area (Å²) in [5.74, 6) is -0.305. The van der Waals surface area contributed by atoms with Crippen LogP contribution in [0.2, 0.25) is 0 Å². The second kappa shape index (κ2) is 8.78. The van der Waals surface area contributed by atoms with Gasteiger partial charge in [0, 0.05) is 0 Å². The molecule has 0 heterocycles. The van der Waals surface area contributed by atoms with Gasteiger partial charge in [-0.15, -0.1) is 0 Å². The Morgan fingerprint density at radius 2 is 1.54 bits per heavy atom. The van der Waals surface area contributed by atoms with Crippen LogP contribution in [-0.2, 0) is 14.8 Å². The number of sulfonamides is 1. The molecule has 0 aromatic heterocycles. The van der Waals surface area contributed by atoms with Gasteiger partial charge < -0.3 is 5.32 Å². The third kappa shape index (κ3) is 5.35. The van der Waals surface area contributed by atoms with Crippen LogP contribution < -0.4 is 9.62 Å². The van der Waals surface area contributed by atoms with Gasteiger partial charge in [0.2, 0.25) is 15.9 Å². The number of anilines is 1. The molecular weight excluding hydrogens is 372 g/mol. The molecule has 2 aromatic rings. The third-order valence-corrected chi connectivity index (χ3v) is 5.91. The molecule has 0 aliphatic rings. The predicted molar refractivity (Wildman–Crippen MR) is 115 cm³/mol. The number of hydrogen-bond donors (Lipinski definition) is 1. The zero-order chi connectivity index (χ0) is 21.1. The van der Waals surface area contributed by atoms with Crippen molar-refractivity contribution in [2.75, 3.05) is 10.6 Å². The van der Waals surface area contributed by atoms with Crippen LogP contribution in [0.1, 0.15) is 48.6 Å². The van der Waals surface area contributed by atoms with Gasteiger partial charge in [0.25, 0.3) is 0 Å². The summed E-state index contributed by atoms with van der Waals surface area (Å²) in [5, 5.41) is 2.97. The maximum Gasteiger partial charge on any atom is 0.244 e. The van der Waals surface area contributed by atoms with Gasteiger partial charge >= 0.3 is 0 Å². The Labute approximate surface area is 168 Å². The van der Waals surface area contributed by atoms with Gasteiger partial charge in [-0.25, -0.2) is 8.42 Å². The van der Waals surface area contributed by atoms with Gasteiger partial charge in [0.1, 0.15) is 6.04 Å². The van der Waals surface area contributed by atoms with Crippen LogP contribution in [0.4, 0.5) is 5.69 Å². The van der Waals surface area contributed by atoms with Crippen LogP contribution in [-0.4, -0.2) is 26.6 Å². The van der Waals surface area contributed by atoms with E-state index in [-0.39, 0.29) is 11.9 Å². The van der Waals surface area contributed by atoms with Crippen molar-refractivity contribution in [3.05, 3.63) is 64.7 Å². The fraction of sp³-hybridized carbons (Fsp3) is 0.409. The Bertz CT molecular complexity index is 917. The summed E-state index contributed by atoms with van der Waals surface area (Å²) in [7, 11) is -3.64. The highest BCUT2D eigenvalue weighted by atomic mass is 32.2. The quantitative estimate of drug-likeness (QED) is 0.760. The Hall–Kier alpha value is -2.34. The second-order valence-electron chi connectivity index (χ2n) is 7.47. The standard InChI is InChI=1S/C22H30N2O3S/c1-7-21(22(25)23-18(5)19-10-8-15(2)9-11-19)24(28(6,26)27)20-13-16(3)12-17(4)14-20/h8-14,18,21H,7H2,1-6H3,(H,23,25). The number of carbonyl (C=O) groups excluding carboxylic acids is 1. The lowest BCUT2D eigenvalue weighted by Gasteiger charge is -2.31. The van der Waals surface area contributed by atoms with E-state index < -0.39 is 16.1 Å². The molecule has 6 heteroatoms. The minimum Gasteiger partial charge on any atom is -0.348 e. The normalized spacial score (nSPS) is 13.6. The molecule has 2 rings (SSSR count). The van der Waals surface area contributed by atoms with E-state index >= 15 is 0 Å². The first-order valence-electron chi connectivity index (χ1n) is 9.47. The van der Waals surface area contributed by atoms with E-state index in [9.17, 15) is 13.2 Å². The molecule has 28 heavy (non-hydrogen) atoms.